The van der Waals surface area contributed by atoms with Gasteiger partial charge in [-0.25, -0.2) is 4.39 Å². The Balaban J connectivity index is 2.86. The van der Waals surface area contributed by atoms with Gasteiger partial charge in [-0.1, -0.05) is 0 Å². The molecule has 0 atom stereocenters. The maximum atomic E-state index is 12.9. The summed E-state index contributed by atoms with van der Waals surface area (Å²) in [6, 6.07) is 3.11. The van der Waals surface area contributed by atoms with Crippen LogP contribution in [0.15, 0.2) is 12.1 Å². The maximum Gasteiger partial charge on any atom is 0.128 e. The molecule has 4 heteroatoms. The van der Waals surface area contributed by atoms with Crippen molar-refractivity contribution < 1.29 is 4.39 Å². The number of nitrogens with zero attached hydrogens (tertiary/aromatic N) is 2. The molecular weight excluding hydrogens is 163 g/mol. The molecule has 2 aromatic rings. The molecular formula is C7H5FN2S. The first-order valence-electron chi connectivity index (χ1n) is 3.16. The van der Waals surface area contributed by atoms with Crippen LogP contribution in [-0.4, -0.2) is 8.75 Å². The third kappa shape index (κ3) is 0.991. The van der Waals surface area contributed by atoms with Gasteiger partial charge in [-0.2, -0.15) is 8.75 Å². The van der Waals surface area contributed by atoms with Gasteiger partial charge in [-0.15, -0.1) is 0 Å². The summed E-state index contributed by atoms with van der Waals surface area (Å²) in [6.45, 7) is 1.72. The molecule has 0 bridgehead atoms. The molecule has 0 N–H and O–H groups in total. The first-order chi connectivity index (χ1) is 5.27. The third-order valence-corrected chi connectivity index (χ3v) is 2.09. The van der Waals surface area contributed by atoms with Crippen LogP contribution in [0.5, 0.6) is 0 Å². The molecule has 1 aromatic heterocycles. The van der Waals surface area contributed by atoms with Crippen LogP contribution in [0.1, 0.15) is 5.56 Å². The Morgan fingerprint density at radius 1 is 1.27 bits per heavy atom. The fourth-order valence-electron chi connectivity index (χ4n) is 0.910. The lowest BCUT2D eigenvalue weighted by molar-refractivity contribution is 0.620. The summed E-state index contributed by atoms with van der Waals surface area (Å²) >= 11 is 1.10. The number of benzene rings is 1. The summed E-state index contributed by atoms with van der Waals surface area (Å²) in [7, 11) is 0. The lowest BCUT2D eigenvalue weighted by atomic mass is 10.2. The van der Waals surface area contributed by atoms with Gasteiger partial charge in [0.1, 0.15) is 16.9 Å². The molecule has 0 spiro atoms. The molecule has 0 radical (unpaired) electrons. The molecule has 0 amide bonds. The van der Waals surface area contributed by atoms with Gasteiger partial charge in [0.15, 0.2) is 0 Å². The van der Waals surface area contributed by atoms with Crippen LogP contribution in [0.3, 0.4) is 0 Å². The van der Waals surface area contributed by atoms with Crippen LogP contribution in [-0.2, 0) is 0 Å². The zero-order valence-electron chi connectivity index (χ0n) is 5.84. The Labute approximate surface area is 67.0 Å². The van der Waals surface area contributed by atoms with Crippen molar-refractivity contribution in [2.24, 2.45) is 0 Å². The van der Waals surface area contributed by atoms with Gasteiger partial charge in [-0.3, -0.25) is 0 Å². The minimum Gasteiger partial charge on any atom is -0.207 e. The highest BCUT2D eigenvalue weighted by Crippen LogP contribution is 2.15. The average molecular weight is 168 g/mol. The van der Waals surface area contributed by atoms with E-state index in [0.717, 1.165) is 17.2 Å². The molecule has 0 saturated carbocycles. The van der Waals surface area contributed by atoms with Crippen LogP contribution in [0.25, 0.3) is 11.0 Å². The predicted octanol–water partition coefficient (Wildman–Crippen LogP) is 2.14. The Hall–Kier alpha value is -1.03. The first-order valence-corrected chi connectivity index (χ1v) is 3.89. The van der Waals surface area contributed by atoms with Gasteiger partial charge in [-0.05, 0) is 18.6 Å². The second-order valence-electron chi connectivity index (χ2n) is 2.35. The summed E-state index contributed by atoms with van der Waals surface area (Å²) < 4.78 is 20.8. The van der Waals surface area contributed by atoms with Gasteiger partial charge in [0.2, 0.25) is 0 Å². The van der Waals surface area contributed by atoms with Crippen LogP contribution in [0.4, 0.5) is 4.39 Å². The van der Waals surface area contributed by atoms with Gasteiger partial charge in [0.25, 0.3) is 0 Å². The largest absolute Gasteiger partial charge is 0.207 e. The number of aromatic nitrogens is 2. The quantitative estimate of drug-likeness (QED) is 0.602. The van der Waals surface area contributed by atoms with Crippen molar-refractivity contribution in [1.82, 2.24) is 8.75 Å². The van der Waals surface area contributed by atoms with E-state index in [-0.39, 0.29) is 5.82 Å². The van der Waals surface area contributed by atoms with Crippen molar-refractivity contribution in [3.05, 3.63) is 23.5 Å². The van der Waals surface area contributed by atoms with Gasteiger partial charge in [0, 0.05) is 6.07 Å². The molecule has 0 aliphatic carbocycles. The van der Waals surface area contributed by atoms with Crippen molar-refractivity contribution in [2.45, 2.75) is 6.92 Å². The molecule has 56 valence electrons. The number of halogens is 1. The van der Waals surface area contributed by atoms with Crippen molar-refractivity contribution in [2.75, 3.05) is 0 Å². The lowest BCUT2D eigenvalue weighted by Gasteiger charge is -1.92. The molecule has 0 aliphatic rings. The van der Waals surface area contributed by atoms with Gasteiger partial charge >= 0.3 is 0 Å². The van der Waals surface area contributed by atoms with E-state index in [4.69, 9.17) is 0 Å². The number of aryl methyl sites for hydroxylation is 1. The van der Waals surface area contributed by atoms with E-state index >= 15 is 0 Å². The summed E-state index contributed by atoms with van der Waals surface area (Å²) in [5.41, 5.74) is 2.03. The van der Waals surface area contributed by atoms with Gasteiger partial charge in [0.05, 0.1) is 11.7 Å². The molecule has 0 fully saturated rings. The Morgan fingerprint density at radius 3 is 2.64 bits per heavy atom. The average Bonchev–Trinajstić information content (AvgIpc) is 2.36. The minimum absolute atomic E-state index is 0.217. The minimum atomic E-state index is -0.217. The SMILES string of the molecule is Cc1cc2nsnc2cc1F. The lowest BCUT2D eigenvalue weighted by Crippen LogP contribution is -1.81. The molecule has 1 aromatic carbocycles. The smallest absolute Gasteiger partial charge is 0.128 e. The predicted molar refractivity (Wildman–Crippen MR) is 42.1 cm³/mol. The van der Waals surface area contributed by atoms with E-state index in [1.165, 1.54) is 6.07 Å². The summed E-state index contributed by atoms with van der Waals surface area (Å²) in [5, 5.41) is 0. The number of rotatable bonds is 0. The van der Waals surface area contributed by atoms with E-state index in [1.807, 2.05) is 0 Å². The second kappa shape index (κ2) is 2.23. The molecule has 0 aliphatic heterocycles. The topological polar surface area (TPSA) is 25.8 Å². The van der Waals surface area contributed by atoms with E-state index in [0.29, 0.717) is 11.1 Å². The zero-order chi connectivity index (χ0) is 7.84. The van der Waals surface area contributed by atoms with Crippen LogP contribution in [0.2, 0.25) is 0 Å². The molecule has 2 nitrogen and oxygen atoms in total. The molecule has 1 heterocycles. The van der Waals surface area contributed by atoms with Crippen molar-refractivity contribution >= 4 is 22.8 Å². The van der Waals surface area contributed by atoms with Crippen molar-refractivity contribution in [3.63, 3.8) is 0 Å². The zero-order valence-corrected chi connectivity index (χ0v) is 6.65. The summed E-state index contributed by atoms with van der Waals surface area (Å²) in [5.74, 6) is -0.217. The molecule has 0 saturated heterocycles. The number of hydrogen-bond donors (Lipinski definition) is 0. The Kier molecular flexibility index (Phi) is 1.35. The van der Waals surface area contributed by atoms with E-state index in [1.54, 1.807) is 13.0 Å². The first kappa shape index (κ1) is 6.67. The van der Waals surface area contributed by atoms with E-state index in [9.17, 15) is 4.39 Å². The van der Waals surface area contributed by atoms with E-state index < -0.39 is 0 Å². The third-order valence-electron chi connectivity index (χ3n) is 1.53. The fourth-order valence-corrected chi connectivity index (χ4v) is 1.42. The second-order valence-corrected chi connectivity index (χ2v) is 2.88. The summed E-state index contributed by atoms with van der Waals surface area (Å²) in [4.78, 5) is 0. The van der Waals surface area contributed by atoms with Crippen molar-refractivity contribution in [1.29, 1.82) is 0 Å². The van der Waals surface area contributed by atoms with Crippen molar-refractivity contribution in [3.8, 4) is 0 Å². The highest BCUT2D eigenvalue weighted by molar-refractivity contribution is 7.00. The highest BCUT2D eigenvalue weighted by atomic mass is 32.1. The summed E-state index contributed by atoms with van der Waals surface area (Å²) in [6.07, 6.45) is 0. The van der Waals surface area contributed by atoms with Crippen LogP contribution >= 0.6 is 11.7 Å². The molecule has 0 unspecified atom stereocenters. The Morgan fingerprint density at radius 2 is 1.91 bits per heavy atom. The Bertz CT molecular complexity index is 360. The monoisotopic (exact) mass is 168 g/mol. The van der Waals surface area contributed by atoms with E-state index in [2.05, 4.69) is 8.75 Å². The number of fused-ring (bicyclic) bond motifs is 1. The van der Waals surface area contributed by atoms with Crippen LogP contribution < -0.4 is 0 Å². The molecule has 2 rings (SSSR count). The normalized spacial score (nSPS) is 10.7. The standard InChI is InChI=1S/C7H5FN2S/c1-4-2-6-7(3-5(4)8)10-11-9-6/h2-3H,1H3. The fraction of sp³-hybridized carbons (Fsp3) is 0.143. The molecule has 11 heavy (non-hydrogen) atoms. The number of hydrogen-bond acceptors (Lipinski definition) is 3. The van der Waals surface area contributed by atoms with Gasteiger partial charge < -0.3 is 0 Å². The maximum absolute atomic E-state index is 12.9. The van der Waals surface area contributed by atoms with Crippen LogP contribution in [0, 0.1) is 12.7 Å². The highest BCUT2D eigenvalue weighted by Gasteiger charge is 2.02.